The van der Waals surface area contributed by atoms with E-state index in [2.05, 4.69) is 5.32 Å². The third-order valence-corrected chi connectivity index (χ3v) is 2.70. The van der Waals surface area contributed by atoms with Crippen molar-refractivity contribution in [3.05, 3.63) is 29.8 Å². The highest BCUT2D eigenvalue weighted by Gasteiger charge is 2.27. The highest BCUT2D eigenvalue weighted by Crippen LogP contribution is 2.20. The molecule has 1 aliphatic rings. The number of amides is 1. The normalized spacial score (nSPS) is 15.8. The van der Waals surface area contributed by atoms with Gasteiger partial charge in [-0.1, -0.05) is 12.1 Å². The summed E-state index contributed by atoms with van der Waals surface area (Å²) in [5.74, 6) is -1.16. The number of phenols is 1. The van der Waals surface area contributed by atoms with Crippen LogP contribution in [0.25, 0.3) is 0 Å². The molecule has 0 spiro atoms. The number of hydrogen-bond acceptors (Lipinski definition) is 4. The fourth-order valence-corrected chi connectivity index (χ4v) is 1.47. The second-order valence-corrected chi connectivity index (χ2v) is 4.35. The summed E-state index contributed by atoms with van der Waals surface area (Å²) in [6.07, 6.45) is 1.09. The number of para-hydroxylation sites is 1. The molecule has 5 heteroatoms. The Morgan fingerprint density at radius 2 is 2.06 bits per heavy atom. The van der Waals surface area contributed by atoms with Crippen LogP contribution in [0.4, 0.5) is 0 Å². The zero-order valence-electron chi connectivity index (χ0n) is 10.1. The second-order valence-electron chi connectivity index (χ2n) is 4.35. The fourth-order valence-electron chi connectivity index (χ4n) is 1.47. The maximum absolute atomic E-state index is 11.7. The molecule has 0 aromatic heterocycles. The summed E-state index contributed by atoms with van der Waals surface area (Å²) >= 11 is 0. The van der Waals surface area contributed by atoms with E-state index in [1.54, 1.807) is 12.1 Å². The summed E-state index contributed by atoms with van der Waals surface area (Å²) in [6.45, 7) is 1.51. The number of benzene rings is 1. The summed E-state index contributed by atoms with van der Waals surface area (Å²) in [5, 5.41) is 12.2. The van der Waals surface area contributed by atoms with E-state index in [0.29, 0.717) is 0 Å². The topological polar surface area (TPSA) is 75.6 Å². The summed E-state index contributed by atoms with van der Waals surface area (Å²) < 4.78 is 5.00. The molecule has 1 unspecified atom stereocenters. The summed E-state index contributed by atoms with van der Waals surface area (Å²) in [4.78, 5) is 23.3. The Morgan fingerprint density at radius 1 is 1.39 bits per heavy atom. The SMILES string of the molecule is CC(OC(=O)c1ccccc1O)C(=O)NC1CC1. The Bertz CT molecular complexity index is 468. The van der Waals surface area contributed by atoms with Crippen LogP contribution in [0.3, 0.4) is 0 Å². The van der Waals surface area contributed by atoms with E-state index in [0.717, 1.165) is 12.8 Å². The Balaban J connectivity index is 1.94. The summed E-state index contributed by atoms with van der Waals surface area (Å²) in [6, 6.07) is 6.29. The lowest BCUT2D eigenvalue weighted by atomic mass is 10.2. The second kappa shape index (κ2) is 5.08. The summed E-state index contributed by atoms with van der Waals surface area (Å²) in [5.41, 5.74) is 0.0589. The van der Waals surface area contributed by atoms with Crippen LogP contribution in [-0.2, 0) is 9.53 Å². The van der Waals surface area contributed by atoms with Crippen molar-refractivity contribution in [1.29, 1.82) is 0 Å². The third kappa shape index (κ3) is 3.00. The molecule has 18 heavy (non-hydrogen) atoms. The van der Waals surface area contributed by atoms with Crippen LogP contribution in [0.15, 0.2) is 24.3 Å². The number of ether oxygens (including phenoxy) is 1. The van der Waals surface area contributed by atoms with Crippen LogP contribution in [0.5, 0.6) is 5.75 Å². The van der Waals surface area contributed by atoms with E-state index in [4.69, 9.17) is 4.74 Å². The van der Waals surface area contributed by atoms with Gasteiger partial charge in [-0.2, -0.15) is 0 Å². The predicted octanol–water partition coefficient (Wildman–Crippen LogP) is 1.22. The van der Waals surface area contributed by atoms with E-state index in [9.17, 15) is 14.7 Å². The lowest BCUT2D eigenvalue weighted by Crippen LogP contribution is -2.37. The van der Waals surface area contributed by atoms with Gasteiger partial charge in [-0.05, 0) is 31.9 Å². The number of carbonyl (C=O) groups excluding carboxylic acids is 2. The molecule has 0 radical (unpaired) electrons. The van der Waals surface area contributed by atoms with Gasteiger partial charge in [-0.15, -0.1) is 0 Å². The van der Waals surface area contributed by atoms with E-state index < -0.39 is 12.1 Å². The van der Waals surface area contributed by atoms with Crippen LogP contribution >= 0.6 is 0 Å². The van der Waals surface area contributed by atoms with Crippen LogP contribution in [0.2, 0.25) is 0 Å². The number of hydrogen-bond donors (Lipinski definition) is 2. The van der Waals surface area contributed by atoms with E-state index in [1.165, 1.54) is 19.1 Å². The zero-order valence-corrected chi connectivity index (χ0v) is 10.1. The molecule has 1 aromatic carbocycles. The molecule has 2 rings (SSSR count). The maximum atomic E-state index is 11.7. The first-order chi connectivity index (χ1) is 8.58. The Labute approximate surface area is 105 Å². The Hall–Kier alpha value is -2.04. The van der Waals surface area contributed by atoms with Gasteiger partial charge in [-0.3, -0.25) is 4.79 Å². The van der Waals surface area contributed by atoms with Gasteiger partial charge in [0.25, 0.3) is 5.91 Å². The number of aromatic hydroxyl groups is 1. The molecule has 96 valence electrons. The highest BCUT2D eigenvalue weighted by molar-refractivity contribution is 5.94. The van der Waals surface area contributed by atoms with Crippen molar-refractivity contribution >= 4 is 11.9 Å². The molecule has 5 nitrogen and oxygen atoms in total. The zero-order chi connectivity index (χ0) is 13.1. The number of esters is 1. The lowest BCUT2D eigenvalue weighted by Gasteiger charge is -2.13. The Kier molecular flexibility index (Phi) is 3.50. The molecule has 1 amide bonds. The first-order valence-corrected chi connectivity index (χ1v) is 5.87. The first kappa shape index (κ1) is 12.4. The average molecular weight is 249 g/mol. The monoisotopic (exact) mass is 249 g/mol. The first-order valence-electron chi connectivity index (χ1n) is 5.87. The predicted molar refractivity (Wildman–Crippen MR) is 64.1 cm³/mol. The highest BCUT2D eigenvalue weighted by atomic mass is 16.5. The van der Waals surface area contributed by atoms with Crippen molar-refractivity contribution in [1.82, 2.24) is 5.32 Å². The van der Waals surface area contributed by atoms with Crippen molar-refractivity contribution in [2.24, 2.45) is 0 Å². The largest absolute Gasteiger partial charge is 0.507 e. The summed E-state index contributed by atoms with van der Waals surface area (Å²) in [7, 11) is 0. The van der Waals surface area contributed by atoms with Gasteiger partial charge in [0.15, 0.2) is 6.10 Å². The van der Waals surface area contributed by atoms with Crippen molar-refractivity contribution < 1.29 is 19.4 Å². The van der Waals surface area contributed by atoms with Crippen molar-refractivity contribution in [3.63, 3.8) is 0 Å². The molecule has 1 aliphatic carbocycles. The van der Waals surface area contributed by atoms with Gasteiger partial charge < -0.3 is 15.2 Å². The van der Waals surface area contributed by atoms with Crippen LogP contribution < -0.4 is 5.32 Å². The molecule has 1 atom stereocenters. The van der Waals surface area contributed by atoms with Crippen LogP contribution in [0.1, 0.15) is 30.1 Å². The number of phenolic OH excluding ortho intramolecular Hbond substituents is 1. The van der Waals surface area contributed by atoms with Crippen LogP contribution in [-0.4, -0.2) is 29.1 Å². The molecule has 1 fully saturated rings. The maximum Gasteiger partial charge on any atom is 0.342 e. The standard InChI is InChI=1S/C13H15NO4/c1-8(12(16)14-9-6-7-9)18-13(17)10-4-2-3-5-11(10)15/h2-5,8-9,15H,6-7H2,1H3,(H,14,16). The van der Waals surface area contributed by atoms with Crippen molar-refractivity contribution in [2.75, 3.05) is 0 Å². The minimum atomic E-state index is -0.863. The molecule has 0 heterocycles. The van der Waals surface area contributed by atoms with Gasteiger partial charge in [-0.25, -0.2) is 4.79 Å². The van der Waals surface area contributed by atoms with E-state index >= 15 is 0 Å². The van der Waals surface area contributed by atoms with Gasteiger partial charge in [0.2, 0.25) is 0 Å². The lowest BCUT2D eigenvalue weighted by molar-refractivity contribution is -0.129. The van der Waals surface area contributed by atoms with Crippen molar-refractivity contribution in [2.45, 2.75) is 31.9 Å². The van der Waals surface area contributed by atoms with Gasteiger partial charge in [0.1, 0.15) is 11.3 Å². The minimum absolute atomic E-state index is 0.0589. The van der Waals surface area contributed by atoms with Gasteiger partial charge in [0, 0.05) is 6.04 Å². The van der Waals surface area contributed by atoms with E-state index in [1.807, 2.05) is 0 Å². The van der Waals surface area contributed by atoms with E-state index in [-0.39, 0.29) is 23.3 Å². The third-order valence-electron chi connectivity index (χ3n) is 2.70. The number of rotatable bonds is 4. The number of nitrogens with one attached hydrogen (secondary N) is 1. The van der Waals surface area contributed by atoms with Crippen LogP contribution in [0, 0.1) is 0 Å². The Morgan fingerprint density at radius 3 is 2.67 bits per heavy atom. The smallest absolute Gasteiger partial charge is 0.342 e. The molecule has 0 bridgehead atoms. The molecular formula is C13H15NO4. The van der Waals surface area contributed by atoms with Gasteiger partial charge >= 0.3 is 5.97 Å². The molecule has 0 saturated heterocycles. The van der Waals surface area contributed by atoms with Crippen molar-refractivity contribution in [3.8, 4) is 5.75 Å². The molecule has 0 aliphatic heterocycles. The average Bonchev–Trinajstić information content (AvgIpc) is 3.13. The quantitative estimate of drug-likeness (QED) is 0.787. The van der Waals surface area contributed by atoms with Gasteiger partial charge in [0.05, 0.1) is 0 Å². The molecule has 2 N–H and O–H groups in total. The molecule has 1 aromatic rings. The number of carbonyl (C=O) groups is 2. The molecular weight excluding hydrogens is 234 g/mol. The fraction of sp³-hybridized carbons (Fsp3) is 0.385. The molecule has 1 saturated carbocycles. The minimum Gasteiger partial charge on any atom is -0.507 e.